The summed E-state index contributed by atoms with van der Waals surface area (Å²) in [6.45, 7) is 0.447. The van der Waals surface area contributed by atoms with Crippen LogP contribution in [0.25, 0.3) is 32.6 Å². The molecule has 2 heterocycles. The first-order valence-electron chi connectivity index (χ1n) is 11.2. The minimum absolute atomic E-state index is 0.00906. The Morgan fingerprint density at radius 3 is 2.68 bits per heavy atom. The second-order valence-corrected chi connectivity index (χ2v) is 9.36. The van der Waals surface area contributed by atoms with Crippen molar-refractivity contribution in [1.82, 2.24) is 10.3 Å². The van der Waals surface area contributed by atoms with E-state index in [1.54, 1.807) is 17.4 Å². The van der Waals surface area contributed by atoms with Crippen molar-refractivity contribution in [3.8, 4) is 21.8 Å². The number of carbonyl (C=O) groups excluding carboxylic acids is 1. The molecule has 1 amide bonds. The molecule has 0 bridgehead atoms. The molecule has 5 rings (SSSR count). The van der Waals surface area contributed by atoms with Crippen molar-refractivity contribution in [3.05, 3.63) is 77.7 Å². The number of carboxylic acids is 1. The molecular weight excluding hydrogens is 448 g/mol. The van der Waals surface area contributed by atoms with Gasteiger partial charge in [-0.05, 0) is 47.7 Å². The minimum atomic E-state index is -0.821. The largest absolute Gasteiger partial charge is 0.481 e. The van der Waals surface area contributed by atoms with E-state index in [9.17, 15) is 9.59 Å². The number of hydrogen-bond acceptors (Lipinski definition) is 5. The highest BCUT2D eigenvalue weighted by atomic mass is 32.1. The lowest BCUT2D eigenvalue weighted by atomic mass is 9.95. The standard InChI is InChI=1S/C27H24N2O4S/c30-25(31)13-17-10-11-33-24(12-17)29-26(32)20-8-6-18-7-9-21(15-22(18)14-20)27-28-23(16-34-27)19-4-2-1-3-5-19/h1-9,14-17,24H,10-13H2,(H,29,32)(H,30,31). The summed E-state index contributed by atoms with van der Waals surface area (Å²) in [7, 11) is 0. The van der Waals surface area contributed by atoms with E-state index in [1.165, 1.54) is 0 Å². The van der Waals surface area contributed by atoms with Crippen molar-refractivity contribution in [3.63, 3.8) is 0 Å². The number of fused-ring (bicyclic) bond motifs is 1. The van der Waals surface area contributed by atoms with E-state index in [0.717, 1.165) is 32.6 Å². The van der Waals surface area contributed by atoms with E-state index in [-0.39, 0.29) is 18.2 Å². The van der Waals surface area contributed by atoms with Crippen molar-refractivity contribution in [2.75, 3.05) is 6.61 Å². The zero-order valence-electron chi connectivity index (χ0n) is 18.4. The molecule has 6 nitrogen and oxygen atoms in total. The van der Waals surface area contributed by atoms with Crippen LogP contribution in [0, 0.1) is 5.92 Å². The Bertz CT molecular complexity index is 1330. The Labute approximate surface area is 201 Å². The predicted molar refractivity (Wildman–Crippen MR) is 133 cm³/mol. The Morgan fingerprint density at radius 1 is 1.03 bits per heavy atom. The topological polar surface area (TPSA) is 88.5 Å². The Kier molecular flexibility index (Phi) is 6.38. The van der Waals surface area contributed by atoms with Gasteiger partial charge in [0.05, 0.1) is 5.69 Å². The number of nitrogens with zero attached hydrogens (tertiary/aromatic N) is 1. The fourth-order valence-electron chi connectivity index (χ4n) is 4.30. The molecule has 1 saturated heterocycles. The monoisotopic (exact) mass is 472 g/mol. The van der Waals surface area contributed by atoms with E-state index >= 15 is 0 Å². The van der Waals surface area contributed by atoms with Crippen LogP contribution in [0.3, 0.4) is 0 Å². The number of nitrogens with one attached hydrogen (secondary N) is 1. The van der Waals surface area contributed by atoms with Crippen LogP contribution in [0.1, 0.15) is 29.6 Å². The predicted octanol–water partition coefficient (Wildman–Crippen LogP) is 5.59. The summed E-state index contributed by atoms with van der Waals surface area (Å²) < 4.78 is 5.65. The summed E-state index contributed by atoms with van der Waals surface area (Å²) in [6, 6.07) is 21.8. The number of aromatic nitrogens is 1. The fraction of sp³-hybridized carbons (Fsp3) is 0.222. The van der Waals surface area contributed by atoms with Gasteiger partial charge in [0.25, 0.3) is 5.91 Å². The van der Waals surface area contributed by atoms with E-state index in [1.807, 2.05) is 54.6 Å². The third-order valence-corrected chi connectivity index (χ3v) is 6.96. The first-order chi connectivity index (χ1) is 16.5. The normalized spacial score (nSPS) is 18.0. The average molecular weight is 473 g/mol. The van der Waals surface area contributed by atoms with Crippen molar-refractivity contribution in [1.29, 1.82) is 0 Å². The molecular formula is C27H24N2O4S. The van der Waals surface area contributed by atoms with Crippen LogP contribution in [-0.2, 0) is 9.53 Å². The van der Waals surface area contributed by atoms with Gasteiger partial charge >= 0.3 is 5.97 Å². The average Bonchev–Trinajstić information content (AvgIpc) is 3.34. The lowest BCUT2D eigenvalue weighted by molar-refractivity contribution is -0.139. The number of carbonyl (C=O) groups is 2. The Morgan fingerprint density at radius 2 is 1.85 bits per heavy atom. The number of hydrogen-bond donors (Lipinski definition) is 2. The van der Waals surface area contributed by atoms with E-state index in [0.29, 0.717) is 25.0 Å². The molecule has 172 valence electrons. The van der Waals surface area contributed by atoms with Crippen LogP contribution >= 0.6 is 11.3 Å². The smallest absolute Gasteiger partial charge is 0.303 e. The molecule has 0 spiro atoms. The fourth-order valence-corrected chi connectivity index (χ4v) is 5.12. The maximum absolute atomic E-state index is 12.9. The van der Waals surface area contributed by atoms with Crippen molar-refractivity contribution >= 4 is 34.0 Å². The van der Waals surface area contributed by atoms with Crippen LogP contribution in [0.5, 0.6) is 0 Å². The molecule has 0 aliphatic carbocycles. The van der Waals surface area contributed by atoms with Gasteiger partial charge in [-0.1, -0.05) is 48.5 Å². The van der Waals surface area contributed by atoms with Crippen molar-refractivity contribution < 1.29 is 19.4 Å². The third kappa shape index (κ3) is 5.00. The van der Waals surface area contributed by atoms with E-state index < -0.39 is 12.2 Å². The van der Waals surface area contributed by atoms with Crippen LogP contribution in [0.15, 0.2) is 72.1 Å². The molecule has 2 N–H and O–H groups in total. The number of aliphatic carboxylic acids is 1. The number of benzene rings is 3. The molecule has 1 aliphatic rings. The molecule has 2 unspecified atom stereocenters. The molecule has 3 aromatic carbocycles. The van der Waals surface area contributed by atoms with Gasteiger partial charge in [0.2, 0.25) is 0 Å². The zero-order valence-corrected chi connectivity index (χ0v) is 19.3. The van der Waals surface area contributed by atoms with Gasteiger partial charge < -0.3 is 15.2 Å². The van der Waals surface area contributed by atoms with E-state index in [2.05, 4.69) is 16.8 Å². The zero-order chi connectivity index (χ0) is 23.5. The summed E-state index contributed by atoms with van der Waals surface area (Å²) in [5, 5.41) is 16.9. The summed E-state index contributed by atoms with van der Waals surface area (Å²) >= 11 is 1.60. The highest BCUT2D eigenvalue weighted by Crippen LogP contribution is 2.31. The van der Waals surface area contributed by atoms with Crippen molar-refractivity contribution in [2.24, 2.45) is 5.92 Å². The van der Waals surface area contributed by atoms with Crippen LogP contribution in [-0.4, -0.2) is 34.8 Å². The maximum atomic E-state index is 12.9. The Hall–Kier alpha value is -3.55. The lowest BCUT2D eigenvalue weighted by Gasteiger charge is -2.29. The highest BCUT2D eigenvalue weighted by Gasteiger charge is 2.26. The SMILES string of the molecule is O=C(O)CC1CCOC(NC(=O)c2ccc3ccc(-c4nc(-c5ccccc5)cs4)cc3c2)C1. The van der Waals surface area contributed by atoms with Gasteiger partial charge in [-0.3, -0.25) is 9.59 Å². The van der Waals surface area contributed by atoms with Gasteiger partial charge in [0, 0.05) is 35.1 Å². The summed E-state index contributed by atoms with van der Waals surface area (Å²) in [5.74, 6) is -1.04. The molecule has 0 saturated carbocycles. The number of ether oxygens (including phenoxy) is 1. The molecule has 0 radical (unpaired) electrons. The minimum Gasteiger partial charge on any atom is -0.481 e. The molecule has 1 aliphatic heterocycles. The second kappa shape index (κ2) is 9.75. The summed E-state index contributed by atoms with van der Waals surface area (Å²) in [4.78, 5) is 28.7. The molecule has 4 aromatic rings. The molecule has 1 aromatic heterocycles. The molecule has 2 atom stereocenters. The molecule has 7 heteroatoms. The maximum Gasteiger partial charge on any atom is 0.303 e. The van der Waals surface area contributed by atoms with Crippen molar-refractivity contribution in [2.45, 2.75) is 25.5 Å². The first kappa shape index (κ1) is 22.3. The van der Waals surface area contributed by atoms with Gasteiger partial charge in [0.15, 0.2) is 0 Å². The quantitative estimate of drug-likeness (QED) is 0.382. The highest BCUT2D eigenvalue weighted by molar-refractivity contribution is 7.13. The van der Waals surface area contributed by atoms with Gasteiger partial charge in [-0.15, -0.1) is 11.3 Å². The van der Waals surface area contributed by atoms with Crippen LogP contribution in [0.2, 0.25) is 0 Å². The Balaban J connectivity index is 1.34. The van der Waals surface area contributed by atoms with E-state index in [4.69, 9.17) is 14.8 Å². The van der Waals surface area contributed by atoms with Gasteiger partial charge in [-0.2, -0.15) is 0 Å². The van der Waals surface area contributed by atoms with Gasteiger partial charge in [0.1, 0.15) is 11.2 Å². The lowest BCUT2D eigenvalue weighted by Crippen LogP contribution is -2.41. The number of amides is 1. The summed E-state index contributed by atoms with van der Waals surface area (Å²) in [6.07, 6.45) is 0.820. The number of rotatable bonds is 6. The number of thiazole rings is 1. The second-order valence-electron chi connectivity index (χ2n) is 8.50. The van der Waals surface area contributed by atoms with Gasteiger partial charge in [-0.25, -0.2) is 4.98 Å². The third-order valence-electron chi connectivity index (χ3n) is 6.07. The molecule has 1 fully saturated rings. The number of carboxylic acid groups (broad SMARTS) is 1. The molecule has 34 heavy (non-hydrogen) atoms. The van der Waals surface area contributed by atoms with Crippen LogP contribution in [0.4, 0.5) is 0 Å². The van der Waals surface area contributed by atoms with Crippen LogP contribution < -0.4 is 5.32 Å². The summed E-state index contributed by atoms with van der Waals surface area (Å²) in [5.41, 5.74) is 3.57. The first-order valence-corrected chi connectivity index (χ1v) is 12.1.